The molecule has 2 N–H and O–H groups in total. The summed E-state index contributed by atoms with van der Waals surface area (Å²) in [5.74, 6) is -0.904. The lowest BCUT2D eigenvalue weighted by Crippen LogP contribution is -2.37. The molecule has 3 aliphatic carbocycles. The van der Waals surface area contributed by atoms with E-state index in [0.29, 0.717) is 24.7 Å². The number of rotatable bonds is 2. The molecule has 2 bridgehead atoms. The van der Waals surface area contributed by atoms with Gasteiger partial charge in [-0.1, -0.05) is 12.2 Å². The van der Waals surface area contributed by atoms with Crippen LogP contribution in [-0.2, 0) is 9.59 Å². The summed E-state index contributed by atoms with van der Waals surface area (Å²) in [6.07, 6.45) is 6.02. The molecule has 0 aromatic heterocycles. The Morgan fingerprint density at radius 2 is 1.44 bits per heavy atom. The smallest absolute Gasteiger partial charge is 0.321 e. The van der Waals surface area contributed by atoms with E-state index in [2.05, 4.69) is 12.2 Å². The van der Waals surface area contributed by atoms with Crippen LogP contribution in [0.4, 0.5) is 0 Å². The monoisotopic (exact) mass is 222 g/mol. The molecule has 4 atom stereocenters. The van der Waals surface area contributed by atoms with Gasteiger partial charge in [0.05, 0.1) is 0 Å². The normalized spacial score (nSPS) is 42.2. The van der Waals surface area contributed by atoms with Crippen LogP contribution >= 0.6 is 0 Å². The lowest BCUT2D eigenvalue weighted by molar-refractivity contribution is -0.164. The van der Waals surface area contributed by atoms with Crippen molar-refractivity contribution in [2.75, 3.05) is 0 Å². The summed E-state index contributed by atoms with van der Waals surface area (Å²) in [4.78, 5) is 22.5. The van der Waals surface area contributed by atoms with Gasteiger partial charge < -0.3 is 10.2 Å². The highest BCUT2D eigenvalue weighted by Gasteiger charge is 2.61. The second kappa shape index (κ2) is 2.87. The Bertz CT molecular complexity index is 362. The summed E-state index contributed by atoms with van der Waals surface area (Å²) in [6, 6.07) is 0. The standard InChI is InChI=1S/C12H14O4/c13-10(14)12(11(15)16)4-8-6-1-2-7(3-6)9(8)5-12/h1-2,6-9H,3-5H2,(H,13,14)(H,15,16)/t6-,7-,8+,9+/m0/s1. The number of aliphatic carboxylic acids is 2. The van der Waals surface area contributed by atoms with Crippen LogP contribution in [0.3, 0.4) is 0 Å². The Hall–Kier alpha value is -1.32. The highest BCUT2D eigenvalue weighted by molar-refractivity contribution is 5.98. The first kappa shape index (κ1) is 9.87. The van der Waals surface area contributed by atoms with Gasteiger partial charge in [-0.25, -0.2) is 0 Å². The fourth-order valence-electron chi connectivity index (χ4n) is 3.96. The van der Waals surface area contributed by atoms with Gasteiger partial charge in [-0.05, 0) is 42.9 Å². The minimum atomic E-state index is -1.52. The van der Waals surface area contributed by atoms with Gasteiger partial charge in [-0.2, -0.15) is 0 Å². The average molecular weight is 222 g/mol. The van der Waals surface area contributed by atoms with Crippen LogP contribution in [0.1, 0.15) is 19.3 Å². The lowest BCUT2D eigenvalue weighted by atomic mass is 9.82. The summed E-state index contributed by atoms with van der Waals surface area (Å²) >= 11 is 0. The molecule has 0 saturated heterocycles. The lowest BCUT2D eigenvalue weighted by Gasteiger charge is -2.20. The van der Waals surface area contributed by atoms with E-state index in [9.17, 15) is 19.8 Å². The van der Waals surface area contributed by atoms with Crippen molar-refractivity contribution < 1.29 is 19.8 Å². The molecule has 0 heterocycles. The zero-order valence-electron chi connectivity index (χ0n) is 8.80. The van der Waals surface area contributed by atoms with Crippen molar-refractivity contribution in [3.05, 3.63) is 12.2 Å². The van der Waals surface area contributed by atoms with E-state index < -0.39 is 17.4 Å². The maximum Gasteiger partial charge on any atom is 0.321 e. The van der Waals surface area contributed by atoms with E-state index in [0.717, 1.165) is 6.42 Å². The molecule has 0 aliphatic heterocycles. The van der Waals surface area contributed by atoms with Crippen molar-refractivity contribution in [1.82, 2.24) is 0 Å². The molecule has 0 aromatic rings. The van der Waals surface area contributed by atoms with Crippen LogP contribution in [0.25, 0.3) is 0 Å². The van der Waals surface area contributed by atoms with Gasteiger partial charge in [0.1, 0.15) is 0 Å². The van der Waals surface area contributed by atoms with E-state index in [1.165, 1.54) is 0 Å². The third kappa shape index (κ3) is 0.996. The number of carboxylic acids is 2. The SMILES string of the molecule is O=C(O)C1(C(=O)O)C[C@H]2[C@H](C1)[C@H]1C=C[C@H]2C1. The predicted molar refractivity (Wildman–Crippen MR) is 54.7 cm³/mol. The zero-order chi connectivity index (χ0) is 11.5. The van der Waals surface area contributed by atoms with E-state index in [4.69, 9.17) is 0 Å². The van der Waals surface area contributed by atoms with Crippen LogP contribution in [-0.4, -0.2) is 22.2 Å². The third-order valence-electron chi connectivity index (χ3n) is 4.79. The number of carbonyl (C=O) groups is 2. The second-order valence-electron chi connectivity index (χ2n) is 5.38. The Labute approximate surface area is 93.0 Å². The molecular formula is C12H14O4. The molecule has 4 nitrogen and oxygen atoms in total. The molecule has 3 aliphatic rings. The van der Waals surface area contributed by atoms with Crippen molar-refractivity contribution in [1.29, 1.82) is 0 Å². The van der Waals surface area contributed by atoms with Gasteiger partial charge in [0.15, 0.2) is 5.41 Å². The molecule has 3 rings (SSSR count). The summed E-state index contributed by atoms with van der Waals surface area (Å²) in [5.41, 5.74) is -1.52. The average Bonchev–Trinajstić information content (AvgIpc) is 2.88. The first-order chi connectivity index (χ1) is 7.54. The molecule has 0 unspecified atom stereocenters. The highest BCUT2D eigenvalue weighted by atomic mass is 16.4. The van der Waals surface area contributed by atoms with Gasteiger partial charge in [-0.15, -0.1) is 0 Å². The van der Waals surface area contributed by atoms with Crippen LogP contribution in [0, 0.1) is 29.1 Å². The van der Waals surface area contributed by atoms with Crippen LogP contribution in [0.15, 0.2) is 12.2 Å². The van der Waals surface area contributed by atoms with Crippen LogP contribution < -0.4 is 0 Å². The molecular weight excluding hydrogens is 208 g/mol. The summed E-state index contributed by atoms with van der Waals surface area (Å²) in [7, 11) is 0. The molecule has 2 saturated carbocycles. The first-order valence-electron chi connectivity index (χ1n) is 5.70. The van der Waals surface area contributed by atoms with Crippen LogP contribution in [0.2, 0.25) is 0 Å². The molecule has 4 heteroatoms. The predicted octanol–water partition coefficient (Wildman–Crippen LogP) is 1.37. The Morgan fingerprint density at radius 1 is 1.00 bits per heavy atom. The van der Waals surface area contributed by atoms with Crippen molar-refractivity contribution in [2.24, 2.45) is 29.1 Å². The second-order valence-corrected chi connectivity index (χ2v) is 5.38. The van der Waals surface area contributed by atoms with Gasteiger partial charge in [-0.3, -0.25) is 9.59 Å². The summed E-state index contributed by atoms with van der Waals surface area (Å²) in [6.45, 7) is 0. The van der Waals surface area contributed by atoms with Crippen molar-refractivity contribution in [2.45, 2.75) is 19.3 Å². The third-order valence-corrected chi connectivity index (χ3v) is 4.79. The molecule has 0 radical (unpaired) electrons. The van der Waals surface area contributed by atoms with E-state index >= 15 is 0 Å². The number of hydrogen-bond donors (Lipinski definition) is 2. The molecule has 86 valence electrons. The molecule has 0 amide bonds. The maximum atomic E-state index is 11.2. The minimum absolute atomic E-state index is 0.280. The van der Waals surface area contributed by atoms with E-state index in [1.54, 1.807) is 0 Å². The van der Waals surface area contributed by atoms with Gasteiger partial charge in [0.25, 0.3) is 0 Å². The van der Waals surface area contributed by atoms with Crippen LogP contribution in [0.5, 0.6) is 0 Å². The minimum Gasteiger partial charge on any atom is -0.480 e. The first-order valence-corrected chi connectivity index (χ1v) is 5.70. The van der Waals surface area contributed by atoms with E-state index in [-0.39, 0.29) is 11.8 Å². The number of allylic oxidation sites excluding steroid dienone is 2. The number of hydrogen-bond acceptors (Lipinski definition) is 2. The maximum absolute atomic E-state index is 11.2. The number of fused-ring (bicyclic) bond motifs is 5. The van der Waals surface area contributed by atoms with Crippen molar-refractivity contribution in [3.63, 3.8) is 0 Å². The van der Waals surface area contributed by atoms with E-state index in [1.807, 2.05) is 0 Å². The topological polar surface area (TPSA) is 74.6 Å². The quantitative estimate of drug-likeness (QED) is 0.546. The molecule has 16 heavy (non-hydrogen) atoms. The van der Waals surface area contributed by atoms with Crippen molar-refractivity contribution in [3.8, 4) is 0 Å². The summed E-state index contributed by atoms with van der Waals surface area (Å²) in [5, 5.41) is 18.4. The number of carboxylic acid groups (broad SMARTS) is 2. The van der Waals surface area contributed by atoms with Gasteiger partial charge >= 0.3 is 11.9 Å². The Morgan fingerprint density at radius 3 is 1.81 bits per heavy atom. The van der Waals surface area contributed by atoms with Gasteiger partial charge in [0.2, 0.25) is 0 Å². The van der Waals surface area contributed by atoms with Crippen molar-refractivity contribution >= 4 is 11.9 Å². The Balaban J connectivity index is 1.94. The summed E-state index contributed by atoms with van der Waals surface area (Å²) < 4.78 is 0. The zero-order valence-corrected chi connectivity index (χ0v) is 8.80. The largest absolute Gasteiger partial charge is 0.480 e. The highest BCUT2D eigenvalue weighted by Crippen LogP contribution is 2.60. The van der Waals surface area contributed by atoms with Gasteiger partial charge in [0, 0.05) is 0 Å². The fraction of sp³-hybridized carbons (Fsp3) is 0.667. The fourth-order valence-corrected chi connectivity index (χ4v) is 3.96. The Kier molecular flexibility index (Phi) is 1.77. The molecule has 0 aromatic carbocycles. The molecule has 0 spiro atoms. The molecule has 2 fully saturated rings.